The zero-order valence-electron chi connectivity index (χ0n) is 41.2. The fourth-order valence-electron chi connectivity index (χ4n) is 4.57. The molecular formula is C42H87Cl2N2Na2O12S2+. The Morgan fingerprint density at radius 1 is 0.468 bits per heavy atom. The van der Waals surface area contributed by atoms with Crippen LogP contribution in [0.25, 0.3) is 0 Å². The van der Waals surface area contributed by atoms with E-state index < -0.39 is 20.8 Å². The molecule has 0 N–H and O–H groups in total. The average molecular weight is 993 g/mol. The van der Waals surface area contributed by atoms with Crippen LogP contribution in [-0.4, -0.2) is 129 Å². The maximum atomic E-state index is 10.9. The van der Waals surface area contributed by atoms with Crippen molar-refractivity contribution in [3.05, 3.63) is 24.3 Å². The fraction of sp³-hybridized carbons (Fsp3) is 0.857. The third kappa shape index (κ3) is 84.1. The minimum atomic E-state index is -4.48. The van der Waals surface area contributed by atoms with Gasteiger partial charge in [0.1, 0.15) is 26.3 Å². The van der Waals surface area contributed by atoms with Crippen LogP contribution < -0.4 is 71.5 Å². The summed E-state index contributed by atoms with van der Waals surface area (Å²) in [5, 5.41) is 0. The van der Waals surface area contributed by atoms with Gasteiger partial charge in [-0.15, -0.1) is 12.4 Å². The molecule has 0 fully saturated rings. The van der Waals surface area contributed by atoms with Crippen molar-refractivity contribution in [2.45, 2.75) is 156 Å². The normalized spacial score (nSPS) is 10.8. The summed E-state index contributed by atoms with van der Waals surface area (Å²) in [5.74, 6) is -0.605. The van der Waals surface area contributed by atoms with Crippen LogP contribution in [-0.2, 0) is 48.2 Å². The van der Waals surface area contributed by atoms with Crippen molar-refractivity contribution >= 4 is 45.1 Å². The summed E-state index contributed by atoms with van der Waals surface area (Å²) in [5.41, 5.74) is 0.910. The van der Waals surface area contributed by atoms with E-state index >= 15 is 0 Å². The Hall–Kier alpha value is 0.660. The number of likely N-dealkylation sites (N-methyl/N-ethyl adjacent to an activating group) is 2. The second kappa shape index (κ2) is 51.1. The summed E-state index contributed by atoms with van der Waals surface area (Å²) in [6.45, 7) is 17.3. The molecule has 0 aliphatic heterocycles. The third-order valence-electron chi connectivity index (χ3n) is 8.14. The monoisotopic (exact) mass is 991 g/mol. The second-order valence-electron chi connectivity index (χ2n) is 16.7. The molecule has 62 heavy (non-hydrogen) atoms. The van der Waals surface area contributed by atoms with E-state index in [0.29, 0.717) is 37.2 Å². The first kappa shape index (κ1) is 79.7. The zero-order valence-corrected chi connectivity index (χ0v) is 48.4. The Morgan fingerprint density at radius 2 is 0.677 bits per heavy atom. The first-order valence-electron chi connectivity index (χ1n) is 21.2. The number of nitrogens with zero attached hydrogens (tertiary/aromatic N) is 2. The number of unbranched alkanes of at least 4 members (excludes halogenated alkanes) is 18. The van der Waals surface area contributed by atoms with Crippen LogP contribution in [0.1, 0.15) is 156 Å². The van der Waals surface area contributed by atoms with Gasteiger partial charge in [0.2, 0.25) is 20.8 Å². The maximum Gasteiger partial charge on any atom is 1.00 e. The molecule has 364 valence electrons. The van der Waals surface area contributed by atoms with Gasteiger partial charge in [0, 0.05) is 11.1 Å². The summed E-state index contributed by atoms with van der Waals surface area (Å²) in [4.78, 5) is 21.8. The van der Waals surface area contributed by atoms with E-state index in [1.807, 2.05) is 0 Å². The van der Waals surface area contributed by atoms with Gasteiger partial charge in [-0.3, -0.25) is 8.37 Å². The topological polar surface area (TPSA) is 185 Å². The van der Waals surface area contributed by atoms with E-state index in [9.17, 15) is 35.5 Å². The molecule has 20 heteroatoms. The van der Waals surface area contributed by atoms with Crippen LogP contribution in [0.15, 0.2) is 24.3 Å². The molecule has 0 radical (unpaired) electrons. The van der Waals surface area contributed by atoms with E-state index in [2.05, 4.69) is 77.7 Å². The smallest absolute Gasteiger partial charge is 1.00 e. The van der Waals surface area contributed by atoms with Crippen LogP contribution in [0.3, 0.4) is 0 Å². The number of hydrogen-bond acceptors (Lipinski definition) is 12. The van der Waals surface area contributed by atoms with Crippen LogP contribution in [0.2, 0.25) is 0 Å². The molecule has 0 saturated carbocycles. The Morgan fingerprint density at radius 3 is 0.855 bits per heavy atom. The van der Waals surface area contributed by atoms with Crippen molar-refractivity contribution in [1.82, 2.24) is 0 Å². The molecule has 0 rings (SSSR count). The quantitative estimate of drug-likeness (QED) is 0.0165. The number of hydrogen-bond donors (Lipinski definition) is 0. The molecule has 0 heterocycles. The van der Waals surface area contributed by atoms with Gasteiger partial charge in [-0.1, -0.05) is 143 Å². The van der Waals surface area contributed by atoms with Crippen molar-refractivity contribution < 1.29 is 134 Å². The summed E-state index contributed by atoms with van der Waals surface area (Å²) >= 11 is 0. The number of halogens is 2. The van der Waals surface area contributed by atoms with Crippen molar-refractivity contribution in [1.29, 1.82) is 0 Å². The number of carbonyl (C=O) groups is 2. The Labute approximate surface area is 437 Å². The van der Waals surface area contributed by atoms with E-state index in [-0.39, 0.29) is 109 Å². The molecule has 0 atom stereocenters. The molecule has 0 aromatic carbocycles. The van der Waals surface area contributed by atoms with E-state index in [1.165, 1.54) is 89.9 Å². The number of carbonyl (C=O) groups excluding carboxylic acids is 2. The summed E-state index contributed by atoms with van der Waals surface area (Å²) < 4.78 is 80.4. The van der Waals surface area contributed by atoms with E-state index in [1.54, 1.807) is 13.8 Å². The van der Waals surface area contributed by atoms with Crippen LogP contribution in [0, 0.1) is 0 Å². The molecule has 0 aliphatic carbocycles. The second-order valence-corrected chi connectivity index (χ2v) is 18.8. The molecule has 14 nitrogen and oxygen atoms in total. The van der Waals surface area contributed by atoms with Gasteiger partial charge in [0.25, 0.3) is 0 Å². The molecule has 0 aromatic heterocycles. The fourth-order valence-corrected chi connectivity index (χ4v) is 5.22. The Balaban J connectivity index is -0.000000104. The van der Waals surface area contributed by atoms with Crippen LogP contribution in [0.4, 0.5) is 0 Å². The van der Waals surface area contributed by atoms with Gasteiger partial charge in [0.15, 0.2) is 0 Å². The molecule has 0 aromatic rings. The standard InChI is InChI=1S/2C12H26O4S.2C9H18NO2.2ClH.2Na/c2*1-2-3-4-5-6-7-8-9-10-11-12-16-17(13,14)15;2*1-8(2)9(11)12-7-6-10(3,4)5;;;;/h2*2-12H2,1H3,(H,13,14,15);2*1,6-7H2,2-5H3;2*1H;;/q;;2*+1;;;2*+1/p-3. The van der Waals surface area contributed by atoms with E-state index in [4.69, 9.17) is 9.47 Å². The first-order valence-corrected chi connectivity index (χ1v) is 23.9. The van der Waals surface area contributed by atoms with Gasteiger partial charge in [0.05, 0.1) is 55.5 Å². The SMILES string of the molecule is C=C(C)C(=O)OCC[N+](C)(C)C.C=C(C)C(=O)OCC[N+](C)(C)C.CCCCCCCCCCCCOS(=O)(=O)[O-].CCCCCCCCCCCCOS(=O)(=O)[O-].Cl.[Cl-].[Na+].[Na+]. The minimum Gasteiger partial charge on any atom is -1.00 e. The van der Waals surface area contributed by atoms with E-state index in [0.717, 1.165) is 47.7 Å². The summed E-state index contributed by atoms with van der Waals surface area (Å²) in [6, 6.07) is 0. The molecule has 0 spiro atoms. The number of quaternary nitrogens is 2. The van der Waals surface area contributed by atoms with Crippen molar-refractivity contribution in [2.24, 2.45) is 0 Å². The van der Waals surface area contributed by atoms with Crippen LogP contribution >= 0.6 is 12.4 Å². The third-order valence-corrected chi connectivity index (χ3v) is 9.05. The van der Waals surface area contributed by atoms with Gasteiger partial charge in [-0.2, -0.15) is 0 Å². The summed E-state index contributed by atoms with van der Waals surface area (Å²) in [6.07, 6.45) is 23.4. The first-order chi connectivity index (χ1) is 26.8. The maximum absolute atomic E-state index is 10.9. The predicted octanol–water partition coefficient (Wildman–Crippen LogP) is -0.174. The molecular weight excluding hydrogens is 905 g/mol. The Kier molecular flexibility index (Phi) is 65.7. The van der Waals surface area contributed by atoms with Gasteiger partial charge in [-0.25, -0.2) is 26.4 Å². The molecule has 0 aliphatic rings. The number of rotatable bonds is 32. The van der Waals surface area contributed by atoms with Crippen molar-refractivity contribution in [3.63, 3.8) is 0 Å². The van der Waals surface area contributed by atoms with Crippen molar-refractivity contribution in [3.8, 4) is 0 Å². The minimum absolute atomic E-state index is 0. The largest absolute Gasteiger partial charge is 1.00 e. The molecule has 0 amide bonds. The van der Waals surface area contributed by atoms with Gasteiger partial charge >= 0.3 is 71.1 Å². The molecule has 0 bridgehead atoms. The molecule has 0 saturated heterocycles. The zero-order chi connectivity index (χ0) is 45.5. The number of ether oxygens (including phenoxy) is 2. The Bertz CT molecular complexity index is 1170. The summed E-state index contributed by atoms with van der Waals surface area (Å²) in [7, 11) is 3.33. The van der Waals surface area contributed by atoms with Gasteiger partial charge < -0.3 is 40.0 Å². The van der Waals surface area contributed by atoms with Crippen molar-refractivity contribution in [2.75, 3.05) is 81.8 Å². The van der Waals surface area contributed by atoms with Gasteiger partial charge in [-0.05, 0) is 26.7 Å². The average Bonchev–Trinajstić information content (AvgIpc) is 3.08. The van der Waals surface area contributed by atoms with Crippen LogP contribution in [0.5, 0.6) is 0 Å². The number of esters is 2. The predicted molar refractivity (Wildman–Crippen MR) is 240 cm³/mol. The molecule has 0 unspecified atom stereocenters.